The van der Waals surface area contributed by atoms with Crippen LogP contribution >= 0.6 is 11.3 Å². The topological polar surface area (TPSA) is 67.3 Å². The first-order valence-electron chi connectivity index (χ1n) is 7.19. The van der Waals surface area contributed by atoms with E-state index in [1.54, 1.807) is 23.6 Å². The number of carboxylic acids is 1. The van der Waals surface area contributed by atoms with Crippen LogP contribution in [0.25, 0.3) is 16.6 Å². The summed E-state index contributed by atoms with van der Waals surface area (Å²) in [6, 6.07) is 13.7. The zero-order valence-electron chi connectivity index (χ0n) is 12.5. The molecule has 4 nitrogen and oxygen atoms in total. The average molecular weight is 335 g/mol. The molecule has 0 saturated carbocycles. The highest BCUT2D eigenvalue weighted by Gasteiger charge is 2.05. The summed E-state index contributed by atoms with van der Waals surface area (Å²) < 4.78 is 0. The first kappa shape index (κ1) is 15.8. The molecule has 0 amide bonds. The van der Waals surface area contributed by atoms with Crippen LogP contribution in [0.2, 0.25) is 0 Å². The second-order valence-electron chi connectivity index (χ2n) is 5.04. The second-order valence-corrected chi connectivity index (χ2v) is 5.93. The van der Waals surface area contributed by atoms with E-state index < -0.39 is 5.97 Å². The van der Waals surface area contributed by atoms with Gasteiger partial charge in [-0.3, -0.25) is 4.79 Å². The van der Waals surface area contributed by atoms with Gasteiger partial charge in [0, 0.05) is 22.7 Å². The summed E-state index contributed by atoms with van der Waals surface area (Å²) in [5, 5.41) is 11.7. The molecule has 0 fully saturated rings. The Labute approximate surface area is 142 Å². The van der Waals surface area contributed by atoms with Crippen LogP contribution in [0.4, 0.5) is 0 Å². The Morgan fingerprint density at radius 3 is 2.21 bits per heavy atom. The molecule has 1 N–H and O–H groups in total. The maximum atomic E-state index is 12.1. The van der Waals surface area contributed by atoms with Crippen molar-refractivity contribution in [1.29, 1.82) is 0 Å². The molecular formula is C19H13NO3S. The first-order valence-corrected chi connectivity index (χ1v) is 8.07. The Kier molecular flexibility index (Phi) is 4.63. The van der Waals surface area contributed by atoms with Gasteiger partial charge in [0.15, 0.2) is 5.78 Å². The van der Waals surface area contributed by atoms with Gasteiger partial charge in [-0.05, 0) is 23.8 Å². The van der Waals surface area contributed by atoms with Gasteiger partial charge in [0.1, 0.15) is 5.01 Å². The number of aromatic nitrogens is 1. The normalized spacial score (nSPS) is 10.8. The van der Waals surface area contributed by atoms with Crippen LogP contribution in [0.1, 0.15) is 26.3 Å². The minimum Gasteiger partial charge on any atom is -0.478 e. The Morgan fingerprint density at radius 1 is 0.958 bits per heavy atom. The lowest BCUT2D eigenvalue weighted by atomic mass is 10.1. The molecule has 0 saturated heterocycles. The molecule has 24 heavy (non-hydrogen) atoms. The van der Waals surface area contributed by atoms with Crippen molar-refractivity contribution in [2.75, 3.05) is 0 Å². The van der Waals surface area contributed by atoms with Crippen molar-refractivity contribution in [2.45, 2.75) is 0 Å². The summed E-state index contributed by atoms with van der Waals surface area (Å²) in [7, 11) is 0. The minimum absolute atomic E-state index is 0.160. The van der Waals surface area contributed by atoms with Crippen molar-refractivity contribution in [3.05, 3.63) is 82.9 Å². The van der Waals surface area contributed by atoms with Gasteiger partial charge in [-0.15, -0.1) is 11.3 Å². The van der Waals surface area contributed by atoms with E-state index in [9.17, 15) is 9.59 Å². The number of carboxylic acid groups (broad SMARTS) is 1. The monoisotopic (exact) mass is 335 g/mol. The number of hydrogen-bond donors (Lipinski definition) is 1. The van der Waals surface area contributed by atoms with Crippen LogP contribution in [-0.4, -0.2) is 21.8 Å². The van der Waals surface area contributed by atoms with Gasteiger partial charge in [-0.25, -0.2) is 9.78 Å². The number of nitrogens with zero attached hydrogens (tertiary/aromatic N) is 1. The molecule has 0 spiro atoms. The maximum absolute atomic E-state index is 12.1. The smallest absolute Gasteiger partial charge is 0.335 e. The summed E-state index contributed by atoms with van der Waals surface area (Å²) >= 11 is 1.58. The lowest BCUT2D eigenvalue weighted by Crippen LogP contribution is -1.98. The summed E-state index contributed by atoms with van der Waals surface area (Å²) in [6.45, 7) is 0. The molecule has 1 aromatic heterocycles. The van der Waals surface area contributed by atoms with Crippen LogP contribution in [0.5, 0.6) is 0 Å². The van der Waals surface area contributed by atoms with Crippen LogP contribution in [-0.2, 0) is 0 Å². The lowest BCUT2D eigenvalue weighted by Gasteiger charge is -1.99. The molecule has 5 heteroatoms. The number of aromatic carboxylic acids is 1. The standard InChI is InChI=1S/C19H13NO3S/c21-17(14-6-8-16(9-7-14)19(22)23)10-3-13-1-4-15(5-2-13)18-20-11-12-24-18/h1-12H,(H,22,23). The number of carbonyl (C=O) groups is 2. The molecule has 0 radical (unpaired) electrons. The molecule has 1 heterocycles. The van der Waals surface area contributed by atoms with Crippen molar-refractivity contribution >= 4 is 29.2 Å². The molecule has 0 unspecified atom stereocenters. The predicted molar refractivity (Wildman–Crippen MR) is 94.3 cm³/mol. The molecule has 3 rings (SSSR count). The third kappa shape index (κ3) is 3.64. The Hall–Kier alpha value is -3.05. The number of carbonyl (C=O) groups excluding carboxylic acids is 1. The molecule has 0 bridgehead atoms. The van der Waals surface area contributed by atoms with Gasteiger partial charge < -0.3 is 5.11 Å². The number of allylic oxidation sites excluding steroid dienone is 1. The van der Waals surface area contributed by atoms with Crippen LogP contribution in [0.15, 0.2) is 66.2 Å². The van der Waals surface area contributed by atoms with Gasteiger partial charge in [0.05, 0.1) is 5.56 Å². The summed E-state index contributed by atoms with van der Waals surface area (Å²) in [5.74, 6) is -1.18. The van der Waals surface area contributed by atoms with E-state index in [0.717, 1.165) is 16.1 Å². The van der Waals surface area contributed by atoms with Crippen LogP contribution in [0, 0.1) is 0 Å². The molecule has 0 atom stereocenters. The van der Waals surface area contributed by atoms with Crippen molar-refractivity contribution in [2.24, 2.45) is 0 Å². The minimum atomic E-state index is -1.01. The molecule has 0 aliphatic rings. The van der Waals surface area contributed by atoms with Crippen molar-refractivity contribution in [3.8, 4) is 10.6 Å². The Balaban J connectivity index is 1.70. The zero-order valence-corrected chi connectivity index (χ0v) is 13.4. The second kappa shape index (κ2) is 7.02. The van der Waals surface area contributed by atoms with E-state index in [1.807, 2.05) is 29.6 Å². The number of thiazole rings is 1. The third-order valence-corrected chi connectivity index (χ3v) is 4.26. The fourth-order valence-electron chi connectivity index (χ4n) is 2.15. The van der Waals surface area contributed by atoms with Crippen LogP contribution in [0.3, 0.4) is 0 Å². The van der Waals surface area contributed by atoms with E-state index in [2.05, 4.69) is 4.98 Å². The average Bonchev–Trinajstić information content (AvgIpc) is 3.15. The zero-order chi connectivity index (χ0) is 16.9. The van der Waals surface area contributed by atoms with E-state index in [1.165, 1.54) is 30.3 Å². The number of benzene rings is 2. The summed E-state index contributed by atoms with van der Waals surface area (Å²) in [5.41, 5.74) is 2.56. The van der Waals surface area contributed by atoms with Gasteiger partial charge in [0.25, 0.3) is 0 Å². The SMILES string of the molecule is O=C(O)c1ccc(C(=O)C=Cc2ccc(-c3nccs3)cc2)cc1. The van der Waals surface area contributed by atoms with E-state index >= 15 is 0 Å². The van der Waals surface area contributed by atoms with Crippen LogP contribution < -0.4 is 0 Å². The third-order valence-electron chi connectivity index (χ3n) is 3.43. The van der Waals surface area contributed by atoms with Gasteiger partial charge in [0.2, 0.25) is 0 Å². The predicted octanol–water partition coefficient (Wildman–Crippen LogP) is 4.40. The number of hydrogen-bond acceptors (Lipinski definition) is 4. The fraction of sp³-hybridized carbons (Fsp3) is 0. The fourth-order valence-corrected chi connectivity index (χ4v) is 2.79. The molecule has 3 aromatic rings. The van der Waals surface area contributed by atoms with Gasteiger partial charge in [-0.2, -0.15) is 0 Å². The summed E-state index contributed by atoms with van der Waals surface area (Å²) in [6.07, 6.45) is 4.98. The summed E-state index contributed by atoms with van der Waals surface area (Å²) in [4.78, 5) is 27.2. The highest BCUT2D eigenvalue weighted by atomic mass is 32.1. The molecule has 2 aromatic carbocycles. The van der Waals surface area contributed by atoms with Gasteiger partial charge in [-0.1, -0.05) is 42.5 Å². The van der Waals surface area contributed by atoms with Crippen molar-refractivity contribution in [3.63, 3.8) is 0 Å². The lowest BCUT2D eigenvalue weighted by molar-refractivity contribution is 0.0696. The molecule has 0 aliphatic heterocycles. The van der Waals surface area contributed by atoms with E-state index in [4.69, 9.17) is 5.11 Å². The number of rotatable bonds is 5. The quantitative estimate of drug-likeness (QED) is 0.554. The molecular weight excluding hydrogens is 322 g/mol. The maximum Gasteiger partial charge on any atom is 0.335 e. The van der Waals surface area contributed by atoms with Crippen molar-refractivity contribution < 1.29 is 14.7 Å². The van der Waals surface area contributed by atoms with E-state index in [-0.39, 0.29) is 11.3 Å². The highest BCUT2D eigenvalue weighted by molar-refractivity contribution is 7.13. The largest absolute Gasteiger partial charge is 0.478 e. The molecule has 0 aliphatic carbocycles. The Bertz CT molecular complexity index is 879. The van der Waals surface area contributed by atoms with Crippen molar-refractivity contribution in [1.82, 2.24) is 4.98 Å². The van der Waals surface area contributed by atoms with Gasteiger partial charge >= 0.3 is 5.97 Å². The highest BCUT2D eigenvalue weighted by Crippen LogP contribution is 2.22. The Morgan fingerprint density at radius 2 is 1.62 bits per heavy atom. The number of ketones is 1. The first-order chi connectivity index (χ1) is 11.6. The van der Waals surface area contributed by atoms with E-state index in [0.29, 0.717) is 5.56 Å². The molecule has 118 valence electrons.